The molecule has 25 heavy (non-hydrogen) atoms. The van der Waals surface area contributed by atoms with E-state index in [-0.39, 0.29) is 0 Å². The van der Waals surface area contributed by atoms with Gasteiger partial charge in [0.25, 0.3) is 0 Å². The molecule has 0 aliphatic rings. The maximum absolute atomic E-state index is 5.72. The summed E-state index contributed by atoms with van der Waals surface area (Å²) in [5, 5.41) is 1.38. The second kappa shape index (κ2) is 8.37. The van der Waals surface area contributed by atoms with Crippen molar-refractivity contribution in [2.45, 2.75) is 45.4 Å². The Morgan fingerprint density at radius 3 is 2.68 bits per heavy atom. The molecule has 2 nitrogen and oxygen atoms in total. The molecule has 0 fully saturated rings. The minimum atomic E-state index is 0.595. The third-order valence-corrected chi connectivity index (χ3v) is 5.78. The molecule has 3 heteroatoms. The van der Waals surface area contributed by atoms with Crippen LogP contribution in [0.15, 0.2) is 42.5 Å². The van der Waals surface area contributed by atoms with Crippen LogP contribution >= 0.6 is 22.6 Å². The van der Waals surface area contributed by atoms with Gasteiger partial charge in [-0.3, -0.25) is 0 Å². The molecular formula is C22H27IN2. The molecule has 0 radical (unpaired) electrons. The van der Waals surface area contributed by atoms with Crippen molar-refractivity contribution < 1.29 is 0 Å². The first kappa shape index (κ1) is 18.5. The Bertz CT molecular complexity index is 850. The number of fused-ring (bicyclic) bond motifs is 1. The highest BCUT2D eigenvalue weighted by molar-refractivity contribution is 14.1. The van der Waals surface area contributed by atoms with Gasteiger partial charge >= 0.3 is 0 Å². The average molecular weight is 446 g/mol. The summed E-state index contributed by atoms with van der Waals surface area (Å²) in [5.41, 5.74) is 12.4. The van der Waals surface area contributed by atoms with Gasteiger partial charge in [-0.1, -0.05) is 32.0 Å². The number of aromatic amines is 1. The smallest absolute Gasteiger partial charge is 0.0497 e. The molecule has 2 aromatic carbocycles. The monoisotopic (exact) mass is 446 g/mol. The van der Waals surface area contributed by atoms with Crippen LogP contribution in [0.2, 0.25) is 0 Å². The van der Waals surface area contributed by atoms with Gasteiger partial charge in [-0.2, -0.15) is 0 Å². The third-order valence-electron chi connectivity index (χ3n) is 5.11. The molecular weight excluding hydrogens is 419 g/mol. The van der Waals surface area contributed by atoms with Gasteiger partial charge in [0.05, 0.1) is 0 Å². The normalized spacial score (nSPS) is 12.6. The van der Waals surface area contributed by atoms with Crippen LogP contribution in [0.4, 0.5) is 0 Å². The second-order valence-corrected chi connectivity index (χ2v) is 8.09. The van der Waals surface area contributed by atoms with Crippen molar-refractivity contribution in [1.82, 2.24) is 4.98 Å². The van der Waals surface area contributed by atoms with Crippen LogP contribution in [0.25, 0.3) is 22.2 Å². The first-order chi connectivity index (χ1) is 12.1. The van der Waals surface area contributed by atoms with Crippen molar-refractivity contribution in [3.63, 3.8) is 0 Å². The Labute approximate surface area is 164 Å². The van der Waals surface area contributed by atoms with Crippen LogP contribution in [0.3, 0.4) is 0 Å². The van der Waals surface area contributed by atoms with Gasteiger partial charge in [0.2, 0.25) is 0 Å². The lowest BCUT2D eigenvalue weighted by atomic mass is 9.94. The number of nitrogens with two attached hydrogens (primary N) is 1. The predicted molar refractivity (Wildman–Crippen MR) is 117 cm³/mol. The molecule has 1 atom stereocenters. The fourth-order valence-electron chi connectivity index (χ4n) is 3.40. The summed E-state index contributed by atoms with van der Waals surface area (Å²) >= 11 is 2.39. The molecule has 3 aromatic rings. The molecule has 3 N–H and O–H groups in total. The highest BCUT2D eigenvalue weighted by Gasteiger charge is 2.15. The zero-order valence-corrected chi connectivity index (χ0v) is 17.3. The topological polar surface area (TPSA) is 41.8 Å². The lowest BCUT2D eigenvalue weighted by molar-refractivity contribution is 0.734. The Hall–Kier alpha value is -1.33. The second-order valence-electron chi connectivity index (χ2n) is 6.85. The van der Waals surface area contributed by atoms with E-state index in [1.54, 1.807) is 0 Å². The van der Waals surface area contributed by atoms with E-state index < -0.39 is 0 Å². The molecule has 1 unspecified atom stereocenters. The fraction of sp³-hybridized carbons (Fsp3) is 0.364. The largest absolute Gasteiger partial charge is 0.354 e. The van der Waals surface area contributed by atoms with E-state index in [4.69, 9.17) is 5.73 Å². The van der Waals surface area contributed by atoms with Gasteiger partial charge in [-0.05, 0) is 102 Å². The molecule has 0 aliphatic carbocycles. The van der Waals surface area contributed by atoms with Gasteiger partial charge in [0, 0.05) is 20.2 Å². The van der Waals surface area contributed by atoms with Crippen LogP contribution in [0.1, 0.15) is 50.2 Å². The van der Waals surface area contributed by atoms with Crippen molar-refractivity contribution in [2.24, 2.45) is 5.73 Å². The maximum atomic E-state index is 5.72. The number of rotatable bonds is 7. The Kier molecular flexibility index (Phi) is 6.18. The lowest BCUT2D eigenvalue weighted by Gasteiger charge is -2.10. The number of aryl methyl sites for hydroxylation is 1. The zero-order valence-electron chi connectivity index (χ0n) is 15.1. The molecule has 0 spiro atoms. The fourth-order valence-corrected chi connectivity index (χ4v) is 3.95. The van der Waals surface area contributed by atoms with Crippen LogP contribution in [0.5, 0.6) is 0 Å². The number of benzene rings is 2. The quantitative estimate of drug-likeness (QED) is 0.328. The van der Waals surface area contributed by atoms with E-state index >= 15 is 0 Å². The number of H-pyrrole nitrogens is 1. The SMILES string of the molecule is CCC(C)c1ccc2[nH]c(-c3cccc(I)c3)c(CCCCN)c2c1. The Morgan fingerprint density at radius 1 is 1.12 bits per heavy atom. The van der Waals surface area contributed by atoms with Gasteiger partial charge in [0.1, 0.15) is 0 Å². The van der Waals surface area contributed by atoms with E-state index in [9.17, 15) is 0 Å². The molecule has 0 amide bonds. The van der Waals surface area contributed by atoms with Crippen molar-refractivity contribution in [1.29, 1.82) is 0 Å². The van der Waals surface area contributed by atoms with Crippen molar-refractivity contribution in [2.75, 3.05) is 6.54 Å². The minimum absolute atomic E-state index is 0.595. The predicted octanol–water partition coefficient (Wildman–Crippen LogP) is 6.23. The molecule has 1 heterocycles. The van der Waals surface area contributed by atoms with Crippen molar-refractivity contribution >= 4 is 33.5 Å². The van der Waals surface area contributed by atoms with E-state index in [1.165, 1.54) is 43.3 Å². The summed E-state index contributed by atoms with van der Waals surface area (Å²) < 4.78 is 1.27. The summed E-state index contributed by atoms with van der Waals surface area (Å²) in [5.74, 6) is 0.595. The van der Waals surface area contributed by atoms with E-state index in [0.717, 1.165) is 25.8 Å². The summed E-state index contributed by atoms with van der Waals surface area (Å²) in [6.45, 7) is 5.33. The number of nitrogens with one attached hydrogen (secondary N) is 1. The standard InChI is InChI=1S/C22H27IN2/c1-3-15(2)16-10-11-21-20(14-16)19(9-4-5-12-24)22(25-21)17-7-6-8-18(23)13-17/h6-8,10-11,13-15,25H,3-5,9,12,24H2,1-2H3. The summed E-state index contributed by atoms with van der Waals surface area (Å²) in [4.78, 5) is 3.68. The lowest BCUT2D eigenvalue weighted by Crippen LogP contribution is -1.99. The van der Waals surface area contributed by atoms with Gasteiger partial charge < -0.3 is 10.7 Å². The molecule has 3 rings (SSSR count). The third kappa shape index (κ3) is 4.09. The summed E-state index contributed by atoms with van der Waals surface area (Å²) in [6, 6.07) is 15.7. The molecule has 0 saturated carbocycles. The zero-order chi connectivity index (χ0) is 17.8. The van der Waals surface area contributed by atoms with Crippen molar-refractivity contribution in [3.05, 3.63) is 57.2 Å². The van der Waals surface area contributed by atoms with Gasteiger partial charge in [-0.15, -0.1) is 0 Å². The summed E-state index contributed by atoms with van der Waals surface area (Å²) in [6.07, 6.45) is 4.45. The molecule has 1 aromatic heterocycles. The first-order valence-electron chi connectivity index (χ1n) is 9.24. The molecule has 0 saturated heterocycles. The van der Waals surface area contributed by atoms with Crippen LogP contribution in [0, 0.1) is 3.57 Å². The highest BCUT2D eigenvalue weighted by Crippen LogP contribution is 2.34. The Morgan fingerprint density at radius 2 is 1.96 bits per heavy atom. The number of halogens is 1. The van der Waals surface area contributed by atoms with Gasteiger partial charge in [-0.25, -0.2) is 0 Å². The maximum Gasteiger partial charge on any atom is 0.0497 e. The number of hydrogen-bond donors (Lipinski definition) is 2. The minimum Gasteiger partial charge on any atom is -0.354 e. The van der Waals surface area contributed by atoms with Gasteiger partial charge in [0.15, 0.2) is 0 Å². The highest BCUT2D eigenvalue weighted by atomic mass is 127. The molecule has 0 bridgehead atoms. The number of hydrogen-bond acceptors (Lipinski definition) is 1. The van der Waals surface area contributed by atoms with E-state index in [2.05, 4.69) is 83.9 Å². The summed E-state index contributed by atoms with van der Waals surface area (Å²) in [7, 11) is 0. The Balaban J connectivity index is 2.12. The molecule has 0 aliphatic heterocycles. The first-order valence-corrected chi connectivity index (χ1v) is 10.3. The van der Waals surface area contributed by atoms with Crippen molar-refractivity contribution in [3.8, 4) is 11.3 Å². The van der Waals surface area contributed by atoms with Crippen LogP contribution < -0.4 is 5.73 Å². The average Bonchev–Trinajstić information content (AvgIpc) is 2.99. The molecule has 132 valence electrons. The number of unbranched alkanes of at least 4 members (excludes halogenated alkanes) is 1. The number of aromatic nitrogens is 1. The van der Waals surface area contributed by atoms with E-state index in [0.29, 0.717) is 5.92 Å². The van der Waals surface area contributed by atoms with E-state index in [1.807, 2.05) is 0 Å². The van der Waals surface area contributed by atoms with Crippen LogP contribution in [-0.4, -0.2) is 11.5 Å². The van der Waals surface area contributed by atoms with Crippen LogP contribution in [-0.2, 0) is 6.42 Å².